The average molecular weight is 1020 g/mol. The molecule has 0 bridgehead atoms. The first-order chi connectivity index (χ1) is 34.6. The highest BCUT2D eigenvalue weighted by Gasteiger charge is 2.85. The fourth-order valence-corrected chi connectivity index (χ4v) is 13.6. The van der Waals surface area contributed by atoms with Gasteiger partial charge < -0.3 is 9.47 Å². The molecule has 13 heteroatoms. The highest BCUT2D eigenvalue weighted by molar-refractivity contribution is 8.16. The minimum Gasteiger partial charge on any atom is -0.489 e. The first-order valence-corrected chi connectivity index (χ1v) is 25.7. The number of aliphatic imine (C=N–C) groups is 2. The number of ether oxygens (including phenoxy) is 2. The van der Waals surface area contributed by atoms with Crippen molar-refractivity contribution in [2.24, 2.45) is 9.98 Å². The van der Waals surface area contributed by atoms with Gasteiger partial charge in [-0.25, -0.2) is 9.98 Å². The van der Waals surface area contributed by atoms with Crippen LogP contribution in [0.3, 0.4) is 0 Å². The van der Waals surface area contributed by atoms with E-state index < -0.39 is 50.7 Å². The maximum Gasteiger partial charge on any atom is 0.380 e. The fourth-order valence-electron chi connectivity index (χ4n) is 11.3. The summed E-state index contributed by atoms with van der Waals surface area (Å²) < 4.78 is 104. The molecule has 2 unspecified atom stereocenters. The van der Waals surface area contributed by atoms with Crippen LogP contribution < -0.4 is 21.1 Å². The summed E-state index contributed by atoms with van der Waals surface area (Å²) in [6.45, 7) is 16.5. The predicted molar refractivity (Wildman–Crippen MR) is 286 cm³/mol. The molecule has 73 heavy (non-hydrogen) atoms. The van der Waals surface area contributed by atoms with Crippen LogP contribution in [0, 0.1) is 41.5 Å². The number of hydrogen-bond acceptors (Lipinski definition) is 6. The number of halogens is 6. The van der Waals surface area contributed by atoms with Crippen molar-refractivity contribution >= 4 is 57.1 Å². The van der Waals surface area contributed by atoms with Crippen LogP contribution in [0.1, 0.15) is 63.9 Å². The number of hydrogen-bond donors (Lipinski definition) is 0. The third-order valence-corrected chi connectivity index (χ3v) is 17.6. The van der Waals surface area contributed by atoms with E-state index in [1.165, 1.54) is 68.5 Å². The summed E-state index contributed by atoms with van der Waals surface area (Å²) in [6.07, 6.45) is 0. The van der Waals surface area contributed by atoms with Gasteiger partial charge in [0.2, 0.25) is 12.6 Å². The zero-order valence-corrected chi connectivity index (χ0v) is 43.0. The van der Waals surface area contributed by atoms with Crippen molar-refractivity contribution in [2.75, 3.05) is 0 Å². The van der Waals surface area contributed by atoms with E-state index in [0.29, 0.717) is 16.9 Å². The topological polar surface area (TPSA) is 43.2 Å². The van der Waals surface area contributed by atoms with E-state index in [2.05, 4.69) is 124 Å². The zero-order valence-electron chi connectivity index (χ0n) is 41.4. The van der Waals surface area contributed by atoms with Crippen LogP contribution in [0.25, 0.3) is 20.9 Å². The lowest BCUT2D eigenvalue weighted by atomic mass is 9.34. The van der Waals surface area contributed by atoms with Gasteiger partial charge in [-0.2, -0.15) is 26.3 Å². The van der Waals surface area contributed by atoms with Crippen LogP contribution in [0.2, 0.25) is 0 Å². The van der Waals surface area contributed by atoms with E-state index in [9.17, 15) is 0 Å². The Balaban J connectivity index is 0.794. The van der Waals surface area contributed by atoms with E-state index in [0.717, 1.165) is 33.3 Å². The second kappa shape index (κ2) is 17.3. The molecule has 1 aromatic heterocycles. The molecule has 4 nitrogen and oxygen atoms in total. The molecular formula is C60H49BF6N2O2S2. The Labute approximate surface area is 429 Å². The molecular weight excluding hydrogens is 970 g/mol. The SMILES string of the molecule is Cc1cc(C)c(B(c2ccc(-c3ccc(-c4ccc(COc5ccc(C6=NC7=C8C(=C9N=C(c%10ccccc%10)OC9(C)C7(C)S6)C(F)(F)C(F)(F)C8(F)F)cc5)cc4)s3)cc2)c2c(C)cc(C)cc2C)c(C)c1. The molecule has 1 saturated carbocycles. The van der Waals surface area contributed by atoms with Gasteiger partial charge >= 0.3 is 17.8 Å². The van der Waals surface area contributed by atoms with Crippen molar-refractivity contribution in [3.05, 3.63) is 212 Å². The van der Waals surface area contributed by atoms with Crippen LogP contribution in [-0.2, 0) is 11.3 Å². The van der Waals surface area contributed by atoms with Gasteiger partial charge in [0.05, 0.1) is 22.5 Å². The molecule has 1 fully saturated rings. The Morgan fingerprint density at radius 1 is 0.548 bits per heavy atom. The first-order valence-electron chi connectivity index (χ1n) is 24.1. The van der Waals surface area contributed by atoms with Crippen molar-refractivity contribution in [2.45, 2.75) is 90.1 Å². The van der Waals surface area contributed by atoms with Gasteiger partial charge in [0.15, 0.2) is 5.60 Å². The summed E-state index contributed by atoms with van der Waals surface area (Å²) in [5.41, 5.74) is 9.53. The van der Waals surface area contributed by atoms with Crippen molar-refractivity contribution in [1.82, 2.24) is 0 Å². The number of aryl methyl sites for hydroxylation is 6. The molecule has 0 radical (unpaired) electrons. The molecule has 0 saturated heterocycles. The zero-order chi connectivity index (χ0) is 51.6. The summed E-state index contributed by atoms with van der Waals surface area (Å²) in [7, 11) is 0. The molecule has 368 valence electrons. The molecule has 11 rings (SSSR count). The van der Waals surface area contributed by atoms with Crippen LogP contribution in [0.4, 0.5) is 26.3 Å². The minimum atomic E-state index is -5.74. The normalized spacial score (nSPS) is 21.1. The van der Waals surface area contributed by atoms with Crippen LogP contribution in [0.15, 0.2) is 172 Å². The maximum absolute atomic E-state index is 15.8. The predicted octanol–water partition coefficient (Wildman–Crippen LogP) is 14.0. The van der Waals surface area contributed by atoms with Gasteiger partial charge in [-0.1, -0.05) is 153 Å². The van der Waals surface area contributed by atoms with Crippen LogP contribution in [0.5, 0.6) is 5.75 Å². The highest BCUT2D eigenvalue weighted by atomic mass is 32.2. The van der Waals surface area contributed by atoms with E-state index in [-0.39, 0.29) is 24.3 Å². The number of thioether (sulfide) groups is 1. The Morgan fingerprint density at radius 2 is 1.04 bits per heavy atom. The number of fused-ring (bicyclic) bond motifs is 4. The van der Waals surface area contributed by atoms with Crippen LogP contribution in [-0.4, -0.2) is 45.8 Å². The van der Waals surface area contributed by atoms with E-state index in [1.807, 2.05) is 12.1 Å². The quantitative estimate of drug-likeness (QED) is 0.101. The standard InChI is InChI=1S/C60H49BF6N2O2S2/c1-33-28-35(3)50(36(4)29-33)61(51-37(5)30-34(2)31-38(51)6)44-22-18-41(19-23-44)47-27-26-46(72-47)40-16-14-39(15-17-40)32-70-45-24-20-43(21-25-45)55-69-53-49-48(58(62,63)60(66,67)59(49,64)65)52-56(7,57(53,8)73-55)71-54(68-52)42-12-10-9-11-13-42/h9-31H,32H2,1-8H3. The number of thiophene rings is 1. The Morgan fingerprint density at radius 3 is 1.58 bits per heavy atom. The largest absolute Gasteiger partial charge is 0.489 e. The molecule has 2 aliphatic carbocycles. The fraction of sp³-hybridized carbons (Fsp3) is 0.233. The molecule has 0 amide bonds. The highest BCUT2D eigenvalue weighted by Crippen LogP contribution is 2.71. The monoisotopic (exact) mass is 1020 g/mol. The van der Waals surface area contributed by atoms with Gasteiger partial charge in [0.25, 0.3) is 0 Å². The van der Waals surface area contributed by atoms with Gasteiger partial charge in [-0.3, -0.25) is 0 Å². The smallest absolute Gasteiger partial charge is 0.380 e. The molecule has 7 aromatic rings. The summed E-state index contributed by atoms with van der Waals surface area (Å²) in [5, 5.41) is 0.175. The minimum absolute atomic E-state index is 0.100. The molecule has 6 aromatic carbocycles. The molecule has 3 heterocycles. The van der Waals surface area contributed by atoms with E-state index in [4.69, 9.17) is 9.47 Å². The Hall–Kier alpha value is -6.57. The molecule has 4 aliphatic rings. The maximum atomic E-state index is 15.8. The Bertz CT molecular complexity index is 3430. The van der Waals surface area contributed by atoms with Gasteiger partial charge in [0.1, 0.15) is 22.1 Å². The third-order valence-electron chi connectivity index (χ3n) is 14.9. The third kappa shape index (κ3) is 7.58. The number of alkyl halides is 6. The van der Waals surface area contributed by atoms with Crippen molar-refractivity contribution in [3.8, 4) is 26.6 Å². The number of nitrogens with zero attached hydrogens (tertiary/aromatic N) is 2. The lowest BCUT2D eigenvalue weighted by molar-refractivity contribution is -0.258. The summed E-state index contributed by atoms with van der Waals surface area (Å²) >= 11 is 2.72. The Kier molecular flexibility index (Phi) is 11.5. The second-order valence-corrected chi connectivity index (χ2v) is 22.5. The molecule has 0 N–H and O–H groups in total. The first kappa shape index (κ1) is 48.7. The molecule has 2 aliphatic heterocycles. The number of allylic oxidation sites excluding steroid dienone is 2. The van der Waals surface area contributed by atoms with Gasteiger partial charge in [-0.05, 0) is 121 Å². The lowest BCUT2D eigenvalue weighted by Gasteiger charge is -2.44. The van der Waals surface area contributed by atoms with Crippen molar-refractivity contribution in [3.63, 3.8) is 0 Å². The summed E-state index contributed by atoms with van der Waals surface area (Å²) in [6, 6.07) is 45.7. The number of rotatable bonds is 10. The van der Waals surface area contributed by atoms with Crippen molar-refractivity contribution in [1.29, 1.82) is 0 Å². The van der Waals surface area contributed by atoms with Gasteiger partial charge in [-0.15, -0.1) is 11.3 Å². The second-order valence-electron chi connectivity index (χ2n) is 20.0. The summed E-state index contributed by atoms with van der Waals surface area (Å²) in [5.74, 6) is -15.9. The van der Waals surface area contributed by atoms with E-state index in [1.54, 1.807) is 65.9 Å². The average Bonchev–Trinajstić information content (AvgIpc) is 4.17. The van der Waals surface area contributed by atoms with E-state index >= 15 is 26.3 Å². The summed E-state index contributed by atoms with van der Waals surface area (Å²) in [4.78, 5) is 11.0. The molecule has 2 atom stereocenters. The van der Waals surface area contributed by atoms with Crippen molar-refractivity contribution < 1.29 is 35.8 Å². The number of benzene rings is 6. The van der Waals surface area contributed by atoms with Crippen LogP contribution >= 0.6 is 23.1 Å². The lowest BCUT2D eigenvalue weighted by Crippen LogP contribution is -2.55. The van der Waals surface area contributed by atoms with Gasteiger partial charge in [0, 0.05) is 20.9 Å². The molecule has 0 spiro atoms.